The number of carboxylic acids is 1. The molecule has 0 aliphatic heterocycles. The van der Waals surface area contributed by atoms with Gasteiger partial charge in [0.1, 0.15) is 6.04 Å². The number of hydrogen-bond donors (Lipinski definition) is 3. The summed E-state index contributed by atoms with van der Waals surface area (Å²) in [6.07, 6.45) is 3.33. The number of nitrogens with one attached hydrogen (secondary N) is 2. The summed E-state index contributed by atoms with van der Waals surface area (Å²) in [5, 5.41) is 14.8. The van der Waals surface area contributed by atoms with Crippen molar-refractivity contribution in [1.82, 2.24) is 10.6 Å². The molecule has 0 aliphatic carbocycles. The van der Waals surface area contributed by atoms with Gasteiger partial charge in [0.15, 0.2) is 0 Å². The first-order valence-electron chi connectivity index (χ1n) is 6.73. The van der Waals surface area contributed by atoms with Crippen LogP contribution >= 0.6 is 0 Å². The Hall–Kier alpha value is -1.10. The molecule has 5 heteroatoms. The van der Waals surface area contributed by atoms with Gasteiger partial charge in [-0.25, -0.2) is 4.79 Å². The summed E-state index contributed by atoms with van der Waals surface area (Å²) >= 11 is 0. The van der Waals surface area contributed by atoms with E-state index in [1.54, 1.807) is 0 Å². The quantitative estimate of drug-likeness (QED) is 0.519. The molecule has 1 amide bonds. The highest BCUT2D eigenvalue weighted by Gasteiger charge is 2.18. The maximum absolute atomic E-state index is 11.3. The normalized spacial score (nSPS) is 12.4. The second-order valence-corrected chi connectivity index (χ2v) is 4.81. The van der Waals surface area contributed by atoms with Gasteiger partial charge in [0.05, 0.1) is 0 Å². The number of unbranched alkanes of at least 4 members (excludes halogenated alkanes) is 1. The molecule has 3 N–H and O–H groups in total. The maximum Gasteiger partial charge on any atom is 0.326 e. The minimum Gasteiger partial charge on any atom is -0.480 e. The monoisotopic (exact) mass is 258 g/mol. The Kier molecular flexibility index (Phi) is 9.28. The van der Waals surface area contributed by atoms with Gasteiger partial charge < -0.3 is 15.7 Å². The zero-order valence-electron chi connectivity index (χ0n) is 11.7. The third kappa shape index (κ3) is 8.98. The highest BCUT2D eigenvalue weighted by atomic mass is 16.4. The molecule has 106 valence electrons. The molecule has 0 spiro atoms. The predicted molar refractivity (Wildman–Crippen MR) is 71.5 cm³/mol. The van der Waals surface area contributed by atoms with Crippen molar-refractivity contribution in [2.45, 2.75) is 65.0 Å². The van der Waals surface area contributed by atoms with Gasteiger partial charge in [0.2, 0.25) is 5.91 Å². The van der Waals surface area contributed by atoms with Crippen LogP contribution in [0.4, 0.5) is 0 Å². The Morgan fingerprint density at radius 3 is 2.39 bits per heavy atom. The number of amides is 1. The molecule has 0 fully saturated rings. The Morgan fingerprint density at radius 1 is 1.22 bits per heavy atom. The molecule has 0 saturated carbocycles. The van der Waals surface area contributed by atoms with E-state index in [1.165, 1.54) is 0 Å². The van der Waals surface area contributed by atoms with Crippen molar-refractivity contribution in [2.24, 2.45) is 0 Å². The molecule has 0 aromatic heterocycles. The predicted octanol–water partition coefficient (Wildman–Crippen LogP) is 1.52. The Morgan fingerprint density at radius 2 is 1.89 bits per heavy atom. The van der Waals surface area contributed by atoms with Crippen molar-refractivity contribution >= 4 is 11.9 Å². The Balaban J connectivity index is 3.84. The molecule has 0 aromatic carbocycles. The van der Waals surface area contributed by atoms with E-state index in [1.807, 2.05) is 6.92 Å². The Bertz CT molecular complexity index is 255. The van der Waals surface area contributed by atoms with E-state index in [0.29, 0.717) is 18.9 Å². The van der Waals surface area contributed by atoms with Gasteiger partial charge in [0, 0.05) is 12.5 Å². The van der Waals surface area contributed by atoms with Crippen LogP contribution in [0.1, 0.15) is 52.9 Å². The van der Waals surface area contributed by atoms with E-state index >= 15 is 0 Å². The minimum absolute atomic E-state index is 0.176. The molecule has 0 rings (SSSR count). The van der Waals surface area contributed by atoms with E-state index in [4.69, 9.17) is 5.11 Å². The molecule has 0 bridgehead atoms. The molecule has 18 heavy (non-hydrogen) atoms. The van der Waals surface area contributed by atoms with Gasteiger partial charge in [-0.2, -0.15) is 0 Å². The fraction of sp³-hybridized carbons (Fsp3) is 0.846. The van der Waals surface area contributed by atoms with Crippen LogP contribution in [0.3, 0.4) is 0 Å². The average molecular weight is 258 g/mol. The largest absolute Gasteiger partial charge is 0.480 e. The van der Waals surface area contributed by atoms with Crippen LogP contribution in [0.15, 0.2) is 0 Å². The fourth-order valence-corrected chi connectivity index (χ4v) is 1.62. The topological polar surface area (TPSA) is 78.4 Å². The average Bonchev–Trinajstić information content (AvgIpc) is 2.26. The Labute approximate surface area is 109 Å². The lowest BCUT2D eigenvalue weighted by molar-refractivity contribution is -0.142. The lowest BCUT2D eigenvalue weighted by Crippen LogP contribution is -2.40. The van der Waals surface area contributed by atoms with Crippen molar-refractivity contribution in [2.75, 3.05) is 6.54 Å². The van der Waals surface area contributed by atoms with E-state index in [2.05, 4.69) is 24.5 Å². The number of hydrogen-bond acceptors (Lipinski definition) is 3. The van der Waals surface area contributed by atoms with Gasteiger partial charge in [0.25, 0.3) is 0 Å². The van der Waals surface area contributed by atoms with Crippen molar-refractivity contribution in [1.29, 1.82) is 0 Å². The first kappa shape index (κ1) is 16.9. The van der Waals surface area contributed by atoms with Gasteiger partial charge >= 0.3 is 5.97 Å². The summed E-state index contributed by atoms with van der Waals surface area (Å²) in [5.41, 5.74) is 0. The first-order valence-corrected chi connectivity index (χ1v) is 6.73. The molecular formula is C13H26N2O3. The SMILES string of the molecule is CCCC(=O)NC(CCCCNC(C)C)C(=O)O. The standard InChI is InChI=1S/C13H26N2O3/c1-4-7-12(16)15-11(13(17)18)8-5-6-9-14-10(2)3/h10-11,14H,4-9H2,1-3H3,(H,15,16)(H,17,18). The van der Waals surface area contributed by atoms with Crippen LogP contribution in [0, 0.1) is 0 Å². The summed E-state index contributed by atoms with van der Waals surface area (Å²) in [7, 11) is 0. The number of rotatable bonds is 10. The van der Waals surface area contributed by atoms with Gasteiger partial charge in [-0.3, -0.25) is 4.79 Å². The molecule has 0 radical (unpaired) electrons. The van der Waals surface area contributed by atoms with Gasteiger partial charge in [-0.15, -0.1) is 0 Å². The van der Waals surface area contributed by atoms with E-state index in [-0.39, 0.29) is 5.91 Å². The third-order valence-corrected chi connectivity index (χ3v) is 2.58. The zero-order valence-corrected chi connectivity index (χ0v) is 11.7. The van der Waals surface area contributed by atoms with E-state index < -0.39 is 12.0 Å². The lowest BCUT2D eigenvalue weighted by atomic mass is 10.1. The highest BCUT2D eigenvalue weighted by Crippen LogP contribution is 2.02. The summed E-state index contributed by atoms with van der Waals surface area (Å²) < 4.78 is 0. The molecule has 1 atom stereocenters. The van der Waals surface area contributed by atoms with Crippen LogP contribution in [0.25, 0.3) is 0 Å². The van der Waals surface area contributed by atoms with Crippen LogP contribution in [0.5, 0.6) is 0 Å². The summed E-state index contributed by atoms with van der Waals surface area (Å²) in [5.74, 6) is -1.12. The molecular weight excluding hydrogens is 232 g/mol. The molecule has 0 saturated heterocycles. The third-order valence-electron chi connectivity index (χ3n) is 2.58. The second kappa shape index (κ2) is 9.88. The van der Waals surface area contributed by atoms with Crippen molar-refractivity contribution in [3.8, 4) is 0 Å². The van der Waals surface area contributed by atoms with Gasteiger partial charge in [-0.05, 0) is 32.2 Å². The molecule has 5 nitrogen and oxygen atoms in total. The number of carbonyl (C=O) groups excluding carboxylic acids is 1. The molecule has 0 aliphatic rings. The lowest BCUT2D eigenvalue weighted by Gasteiger charge is -2.14. The maximum atomic E-state index is 11.3. The summed E-state index contributed by atoms with van der Waals surface area (Å²) in [4.78, 5) is 22.3. The van der Waals surface area contributed by atoms with Crippen molar-refractivity contribution in [3.05, 3.63) is 0 Å². The number of carbonyl (C=O) groups is 2. The van der Waals surface area contributed by atoms with Crippen LogP contribution in [-0.2, 0) is 9.59 Å². The first-order chi connectivity index (χ1) is 8.47. The van der Waals surface area contributed by atoms with Crippen molar-refractivity contribution < 1.29 is 14.7 Å². The highest BCUT2D eigenvalue weighted by molar-refractivity contribution is 5.83. The van der Waals surface area contributed by atoms with E-state index in [0.717, 1.165) is 25.8 Å². The molecule has 1 unspecified atom stereocenters. The van der Waals surface area contributed by atoms with Crippen LogP contribution in [-0.4, -0.2) is 35.6 Å². The van der Waals surface area contributed by atoms with Crippen LogP contribution < -0.4 is 10.6 Å². The second-order valence-electron chi connectivity index (χ2n) is 4.81. The fourth-order valence-electron chi connectivity index (χ4n) is 1.62. The van der Waals surface area contributed by atoms with E-state index in [9.17, 15) is 9.59 Å². The minimum atomic E-state index is -0.948. The van der Waals surface area contributed by atoms with Crippen molar-refractivity contribution in [3.63, 3.8) is 0 Å². The number of carboxylic acid groups (broad SMARTS) is 1. The smallest absolute Gasteiger partial charge is 0.326 e. The van der Waals surface area contributed by atoms with Gasteiger partial charge in [-0.1, -0.05) is 20.8 Å². The summed E-state index contributed by atoms with van der Waals surface area (Å²) in [6, 6.07) is -0.298. The molecule has 0 aromatic rings. The van der Waals surface area contributed by atoms with Crippen LogP contribution in [0.2, 0.25) is 0 Å². The number of aliphatic carboxylic acids is 1. The summed E-state index contributed by atoms with van der Waals surface area (Å²) in [6.45, 7) is 6.93. The molecule has 0 heterocycles. The zero-order chi connectivity index (χ0) is 14.0.